The minimum absolute atomic E-state index is 0.0711. The molecule has 0 fully saturated rings. The van der Waals surface area contributed by atoms with Crippen LogP contribution >= 0.6 is 23.1 Å². The van der Waals surface area contributed by atoms with Crippen molar-refractivity contribution in [3.8, 4) is 0 Å². The third-order valence-corrected chi connectivity index (χ3v) is 4.45. The van der Waals surface area contributed by atoms with E-state index in [1.807, 2.05) is 31.2 Å². The van der Waals surface area contributed by atoms with E-state index in [4.69, 9.17) is 0 Å². The number of carbonyl (C=O) groups excluding carboxylic acids is 2. The highest BCUT2D eigenvalue weighted by molar-refractivity contribution is 8.01. The zero-order chi connectivity index (χ0) is 15.2. The lowest BCUT2D eigenvalue weighted by Crippen LogP contribution is -2.19. The molecule has 1 aromatic heterocycles. The molecule has 21 heavy (non-hydrogen) atoms. The van der Waals surface area contributed by atoms with E-state index in [9.17, 15) is 9.59 Å². The van der Waals surface area contributed by atoms with Crippen LogP contribution in [0.2, 0.25) is 0 Å². The zero-order valence-corrected chi connectivity index (χ0v) is 13.2. The number of anilines is 2. The lowest BCUT2D eigenvalue weighted by molar-refractivity contribution is -0.114. The number of hydrogen-bond donors (Lipinski definition) is 2. The van der Waals surface area contributed by atoms with Crippen LogP contribution in [0.25, 0.3) is 0 Å². The van der Waals surface area contributed by atoms with Crippen molar-refractivity contribution in [1.29, 1.82) is 0 Å². The molecule has 0 saturated carbocycles. The first-order valence-corrected chi connectivity index (χ1v) is 7.93. The molecular formula is C13H14N4O2S2. The standard InChI is InChI=1S/C13H14N4O2S2/c1-8-3-5-10(6-4-8)14-11(19)15-12-16-17-13(21-12)20-7-9(2)18/h3-6H,7H2,1-2H3,(H2,14,15,16,19). The highest BCUT2D eigenvalue weighted by Gasteiger charge is 2.09. The SMILES string of the molecule is CC(=O)CSc1nnc(NC(=O)Nc2ccc(C)cc2)s1. The molecule has 2 amide bonds. The molecule has 0 aliphatic rings. The maximum atomic E-state index is 11.8. The third kappa shape index (κ3) is 5.16. The Morgan fingerprint density at radius 2 is 1.90 bits per heavy atom. The van der Waals surface area contributed by atoms with Gasteiger partial charge in [0.1, 0.15) is 5.78 Å². The van der Waals surface area contributed by atoms with Crippen LogP contribution < -0.4 is 10.6 Å². The number of nitrogens with zero attached hydrogens (tertiary/aromatic N) is 2. The molecule has 1 aromatic carbocycles. The summed E-state index contributed by atoms with van der Waals surface area (Å²) in [6, 6.07) is 7.10. The van der Waals surface area contributed by atoms with Crippen LogP contribution in [0.4, 0.5) is 15.6 Å². The number of benzene rings is 1. The van der Waals surface area contributed by atoms with Gasteiger partial charge in [0.2, 0.25) is 5.13 Å². The van der Waals surface area contributed by atoms with Gasteiger partial charge in [-0.15, -0.1) is 10.2 Å². The van der Waals surface area contributed by atoms with Gasteiger partial charge in [-0.25, -0.2) is 4.79 Å². The van der Waals surface area contributed by atoms with Crippen LogP contribution in [0, 0.1) is 6.92 Å². The number of aryl methyl sites for hydroxylation is 1. The van der Waals surface area contributed by atoms with E-state index in [0.29, 0.717) is 20.9 Å². The molecule has 0 aliphatic carbocycles. The number of urea groups is 1. The maximum Gasteiger partial charge on any atom is 0.325 e. The van der Waals surface area contributed by atoms with Gasteiger partial charge in [-0.05, 0) is 26.0 Å². The Bertz CT molecular complexity index is 640. The number of hydrogen-bond acceptors (Lipinski definition) is 6. The third-order valence-electron chi connectivity index (χ3n) is 2.34. The summed E-state index contributed by atoms with van der Waals surface area (Å²) < 4.78 is 0.649. The highest BCUT2D eigenvalue weighted by atomic mass is 32.2. The van der Waals surface area contributed by atoms with Crippen molar-refractivity contribution in [1.82, 2.24) is 10.2 Å². The normalized spacial score (nSPS) is 10.2. The number of Topliss-reactive ketones (excluding diaryl/α,β-unsaturated/α-hetero) is 1. The van der Waals surface area contributed by atoms with E-state index in [1.165, 1.54) is 30.0 Å². The molecule has 0 radical (unpaired) electrons. The van der Waals surface area contributed by atoms with E-state index < -0.39 is 0 Å². The largest absolute Gasteiger partial charge is 0.325 e. The van der Waals surface area contributed by atoms with Crippen LogP contribution in [0.1, 0.15) is 12.5 Å². The van der Waals surface area contributed by atoms with E-state index >= 15 is 0 Å². The van der Waals surface area contributed by atoms with Gasteiger partial charge in [-0.3, -0.25) is 10.1 Å². The highest BCUT2D eigenvalue weighted by Crippen LogP contribution is 2.25. The topological polar surface area (TPSA) is 84.0 Å². The second-order valence-electron chi connectivity index (χ2n) is 4.31. The van der Waals surface area contributed by atoms with Gasteiger partial charge in [0.05, 0.1) is 5.75 Å². The van der Waals surface area contributed by atoms with Crippen molar-refractivity contribution >= 4 is 45.7 Å². The molecule has 0 atom stereocenters. The van der Waals surface area contributed by atoms with E-state index in [-0.39, 0.29) is 11.8 Å². The van der Waals surface area contributed by atoms with Gasteiger partial charge in [0, 0.05) is 5.69 Å². The molecule has 0 saturated heterocycles. The Labute approximate surface area is 130 Å². The molecule has 2 rings (SSSR count). The summed E-state index contributed by atoms with van der Waals surface area (Å²) in [6.07, 6.45) is 0. The van der Waals surface area contributed by atoms with Crippen molar-refractivity contribution in [2.75, 3.05) is 16.4 Å². The molecule has 0 spiro atoms. The van der Waals surface area contributed by atoms with Crippen molar-refractivity contribution in [2.45, 2.75) is 18.2 Å². The number of carbonyl (C=O) groups is 2. The first-order valence-electron chi connectivity index (χ1n) is 6.13. The summed E-state index contributed by atoms with van der Waals surface area (Å²) in [6.45, 7) is 3.49. The summed E-state index contributed by atoms with van der Waals surface area (Å²) in [5.41, 5.74) is 1.83. The molecule has 110 valence electrons. The number of ketones is 1. The fourth-order valence-corrected chi connectivity index (χ4v) is 2.93. The minimum Gasteiger partial charge on any atom is -0.308 e. The van der Waals surface area contributed by atoms with Crippen molar-refractivity contribution in [2.24, 2.45) is 0 Å². The fraction of sp³-hybridized carbons (Fsp3) is 0.231. The maximum absolute atomic E-state index is 11.8. The summed E-state index contributed by atoms with van der Waals surface area (Å²) in [4.78, 5) is 22.7. The molecule has 1 heterocycles. The molecule has 0 aliphatic heterocycles. The average Bonchev–Trinajstić information content (AvgIpc) is 2.86. The van der Waals surface area contributed by atoms with Crippen molar-refractivity contribution in [3.05, 3.63) is 29.8 Å². The molecule has 2 aromatic rings. The molecule has 2 N–H and O–H groups in total. The number of rotatable bonds is 5. The Kier molecular flexibility index (Phi) is 5.29. The second kappa shape index (κ2) is 7.19. The molecule has 0 bridgehead atoms. The number of aromatic nitrogens is 2. The predicted octanol–water partition coefficient (Wildman–Crippen LogP) is 3.17. The average molecular weight is 322 g/mol. The van der Waals surface area contributed by atoms with Crippen LogP contribution in [-0.2, 0) is 4.79 Å². The van der Waals surface area contributed by atoms with Gasteiger partial charge in [-0.1, -0.05) is 40.8 Å². The van der Waals surface area contributed by atoms with Crippen LogP contribution in [-0.4, -0.2) is 27.8 Å². The Morgan fingerprint density at radius 1 is 1.19 bits per heavy atom. The summed E-state index contributed by atoms with van der Waals surface area (Å²) in [5, 5.41) is 13.5. The lowest BCUT2D eigenvalue weighted by atomic mass is 10.2. The van der Waals surface area contributed by atoms with Gasteiger partial charge < -0.3 is 5.32 Å². The Balaban J connectivity index is 1.87. The number of nitrogens with one attached hydrogen (secondary N) is 2. The minimum atomic E-state index is -0.377. The van der Waals surface area contributed by atoms with Crippen molar-refractivity contribution < 1.29 is 9.59 Å². The van der Waals surface area contributed by atoms with Gasteiger partial charge in [0.15, 0.2) is 4.34 Å². The molecule has 6 nitrogen and oxygen atoms in total. The van der Waals surface area contributed by atoms with E-state index in [1.54, 1.807) is 0 Å². The summed E-state index contributed by atoms with van der Waals surface area (Å²) >= 11 is 2.54. The quantitative estimate of drug-likeness (QED) is 0.652. The van der Waals surface area contributed by atoms with Crippen LogP contribution in [0.15, 0.2) is 28.6 Å². The van der Waals surface area contributed by atoms with Crippen LogP contribution in [0.5, 0.6) is 0 Å². The first kappa shape index (κ1) is 15.5. The summed E-state index contributed by atoms with van der Waals surface area (Å²) in [7, 11) is 0. The first-order chi connectivity index (χ1) is 10.0. The Morgan fingerprint density at radius 3 is 2.57 bits per heavy atom. The predicted molar refractivity (Wildman–Crippen MR) is 85.1 cm³/mol. The monoisotopic (exact) mass is 322 g/mol. The molecular weight excluding hydrogens is 308 g/mol. The zero-order valence-electron chi connectivity index (χ0n) is 11.5. The summed E-state index contributed by atoms with van der Waals surface area (Å²) in [5.74, 6) is 0.423. The number of thioether (sulfide) groups is 1. The van der Waals surface area contributed by atoms with E-state index in [2.05, 4.69) is 20.8 Å². The molecule has 0 unspecified atom stereocenters. The molecule has 8 heteroatoms. The van der Waals surface area contributed by atoms with Gasteiger partial charge >= 0.3 is 6.03 Å². The fourth-order valence-electron chi connectivity index (χ4n) is 1.38. The van der Waals surface area contributed by atoms with Gasteiger partial charge in [-0.2, -0.15) is 0 Å². The smallest absolute Gasteiger partial charge is 0.308 e. The number of amides is 2. The lowest BCUT2D eigenvalue weighted by Gasteiger charge is -2.04. The Hall–Kier alpha value is -1.93. The van der Waals surface area contributed by atoms with Gasteiger partial charge in [0.25, 0.3) is 0 Å². The second-order valence-corrected chi connectivity index (χ2v) is 6.51. The van der Waals surface area contributed by atoms with E-state index in [0.717, 1.165) is 5.56 Å². The van der Waals surface area contributed by atoms with Crippen molar-refractivity contribution in [3.63, 3.8) is 0 Å². The van der Waals surface area contributed by atoms with Crippen LogP contribution in [0.3, 0.4) is 0 Å².